The number of imidazole rings is 1. The predicted molar refractivity (Wildman–Crippen MR) is 244 cm³/mol. The maximum atomic E-state index is 15.1. The molecule has 1 atom stereocenters. The Morgan fingerprint density at radius 2 is 1.62 bits per heavy atom. The van der Waals surface area contributed by atoms with Crippen LogP contribution in [0.3, 0.4) is 0 Å². The van der Waals surface area contributed by atoms with Gasteiger partial charge in [0.05, 0.1) is 62.3 Å². The molecule has 3 aliphatic heterocycles. The number of benzene rings is 2. The Morgan fingerprint density at radius 1 is 0.868 bits per heavy atom. The molecule has 3 aliphatic rings. The molecule has 1 unspecified atom stereocenters. The first-order valence-electron chi connectivity index (χ1n) is 22.9. The highest BCUT2D eigenvalue weighted by molar-refractivity contribution is 6.24. The summed E-state index contributed by atoms with van der Waals surface area (Å²) in [6.45, 7) is 11.1. The van der Waals surface area contributed by atoms with Crippen molar-refractivity contribution in [2.45, 2.75) is 71.5 Å². The zero-order valence-electron chi connectivity index (χ0n) is 38.3. The van der Waals surface area contributed by atoms with E-state index in [1.54, 1.807) is 36.5 Å². The van der Waals surface area contributed by atoms with Crippen LogP contribution in [-0.4, -0.2) is 141 Å². The molecule has 2 fully saturated rings. The summed E-state index contributed by atoms with van der Waals surface area (Å²) in [4.78, 5) is 85.6. The minimum Gasteiger partial charge on any atom is -0.379 e. The monoisotopic (exact) mass is 936 g/mol. The number of carbonyl (C=O) groups is 5. The molecule has 3 aromatic heterocycles. The van der Waals surface area contributed by atoms with Crippen LogP contribution < -0.4 is 10.6 Å². The number of pyridine rings is 1. The summed E-state index contributed by atoms with van der Waals surface area (Å²) in [7, 11) is 0. The number of nitrogens with one attached hydrogen (secondary N) is 2. The standard InChI is InChI=1S/C48H54F2N10O8/c1-29(2)59-30(3)53-44-35(49)24-33(25-38(44)59)43-36(50)27-52-48(56-43)54-39-11-9-31(26-51-39)28-57-14-16-58(17-15-57)41(62)13-19-67-21-23-68-22-20-66-18-5-7-32-6-4-8-34-42(32)47(65)60(46(34)64)37-10-12-40(61)55-45(37)63/h4,6,8-9,11,24-27,29,37H,5,7,10,12-23,28H2,1-3H3,(H,55,61,63)(H,51,52,54,56). The molecule has 68 heavy (non-hydrogen) atoms. The van der Waals surface area contributed by atoms with E-state index in [0.717, 1.165) is 16.7 Å². The van der Waals surface area contributed by atoms with Crippen molar-refractivity contribution in [3.8, 4) is 11.3 Å². The van der Waals surface area contributed by atoms with Crippen LogP contribution in [0.5, 0.6) is 0 Å². The SMILES string of the molecule is Cc1nc2c(F)cc(-c3nc(Nc4ccc(CN5CCN(C(=O)CCOCCOCCOCCCc6cccc7c6C(=O)N(C6CCC(=O)NC6=O)C7=O)CC5)cn4)ncc3F)cc2n1C(C)C. The molecular formula is C48H54F2N10O8. The molecule has 5 amide bonds. The Kier molecular flexibility index (Phi) is 15.2. The lowest BCUT2D eigenvalue weighted by Gasteiger charge is -2.34. The van der Waals surface area contributed by atoms with Crippen LogP contribution in [-0.2, 0) is 41.6 Å². The highest BCUT2D eigenvalue weighted by atomic mass is 19.1. The Morgan fingerprint density at radius 3 is 2.34 bits per heavy atom. The van der Waals surface area contributed by atoms with E-state index >= 15 is 8.78 Å². The van der Waals surface area contributed by atoms with Gasteiger partial charge in [-0.2, -0.15) is 0 Å². The number of aromatic nitrogens is 5. The van der Waals surface area contributed by atoms with Crippen molar-refractivity contribution in [2.24, 2.45) is 0 Å². The number of piperidine rings is 1. The lowest BCUT2D eigenvalue weighted by molar-refractivity contribution is -0.136. The zero-order valence-corrected chi connectivity index (χ0v) is 38.3. The second-order valence-corrected chi connectivity index (χ2v) is 17.1. The maximum absolute atomic E-state index is 15.1. The zero-order chi connectivity index (χ0) is 47.9. The van der Waals surface area contributed by atoms with Crippen molar-refractivity contribution in [3.05, 3.63) is 94.6 Å². The normalized spacial score (nSPS) is 16.6. The van der Waals surface area contributed by atoms with Crippen molar-refractivity contribution in [3.63, 3.8) is 0 Å². The highest BCUT2D eigenvalue weighted by Gasteiger charge is 2.45. The smallest absolute Gasteiger partial charge is 0.262 e. The third-order valence-electron chi connectivity index (χ3n) is 12.1. The summed E-state index contributed by atoms with van der Waals surface area (Å²) in [6, 6.07) is 10.8. The van der Waals surface area contributed by atoms with E-state index in [2.05, 4.69) is 35.5 Å². The first kappa shape index (κ1) is 47.9. The van der Waals surface area contributed by atoms with E-state index in [0.29, 0.717) is 107 Å². The van der Waals surface area contributed by atoms with Gasteiger partial charge in [0.2, 0.25) is 23.7 Å². The summed E-state index contributed by atoms with van der Waals surface area (Å²) < 4.78 is 49.0. The van der Waals surface area contributed by atoms with Crippen LogP contribution in [0.2, 0.25) is 0 Å². The fourth-order valence-electron chi connectivity index (χ4n) is 8.82. The Labute approximate surface area is 391 Å². The van der Waals surface area contributed by atoms with E-state index < -0.39 is 41.3 Å². The number of halogens is 2. The fourth-order valence-corrected chi connectivity index (χ4v) is 8.82. The molecule has 0 radical (unpaired) electrons. The number of carbonyl (C=O) groups excluding carboxylic acids is 5. The molecule has 0 aliphatic carbocycles. The maximum Gasteiger partial charge on any atom is 0.262 e. The number of aryl methyl sites for hydroxylation is 2. The number of piperazine rings is 1. The van der Waals surface area contributed by atoms with Crippen molar-refractivity contribution in [1.29, 1.82) is 0 Å². The summed E-state index contributed by atoms with van der Waals surface area (Å²) in [5.74, 6) is -2.08. The number of anilines is 2. The van der Waals surface area contributed by atoms with E-state index in [4.69, 9.17) is 14.2 Å². The van der Waals surface area contributed by atoms with Gasteiger partial charge in [0.1, 0.15) is 28.9 Å². The number of ether oxygens (including phenoxy) is 3. The molecule has 0 bridgehead atoms. The van der Waals surface area contributed by atoms with E-state index in [1.165, 1.54) is 6.07 Å². The van der Waals surface area contributed by atoms with Crippen molar-refractivity contribution in [1.82, 2.24) is 44.5 Å². The average Bonchev–Trinajstić information content (AvgIpc) is 3.80. The first-order valence-corrected chi connectivity index (χ1v) is 22.9. The van der Waals surface area contributed by atoms with Gasteiger partial charge in [0.15, 0.2) is 11.6 Å². The molecule has 18 nitrogen and oxygen atoms in total. The second kappa shape index (κ2) is 21.6. The van der Waals surface area contributed by atoms with Gasteiger partial charge in [-0.3, -0.25) is 39.1 Å². The Hall–Kier alpha value is -6.61. The lowest BCUT2D eigenvalue weighted by atomic mass is 9.99. The molecule has 0 saturated carbocycles. The van der Waals surface area contributed by atoms with Crippen molar-refractivity contribution in [2.75, 3.05) is 71.1 Å². The number of hydrogen-bond donors (Lipinski definition) is 2. The lowest BCUT2D eigenvalue weighted by Crippen LogP contribution is -2.54. The molecule has 0 spiro atoms. The summed E-state index contributed by atoms with van der Waals surface area (Å²) in [5, 5.41) is 5.23. The predicted octanol–water partition coefficient (Wildman–Crippen LogP) is 4.92. The molecule has 2 saturated heterocycles. The summed E-state index contributed by atoms with van der Waals surface area (Å²) in [5.41, 5.74) is 3.25. The minimum absolute atomic E-state index is 0.0236. The highest BCUT2D eigenvalue weighted by Crippen LogP contribution is 2.32. The van der Waals surface area contributed by atoms with Crippen molar-refractivity contribution >= 4 is 52.3 Å². The molecule has 6 heterocycles. The van der Waals surface area contributed by atoms with Gasteiger partial charge >= 0.3 is 0 Å². The topological polar surface area (TPSA) is 203 Å². The van der Waals surface area contributed by atoms with Crippen LogP contribution in [0.15, 0.2) is 54.9 Å². The average molecular weight is 937 g/mol. The first-order chi connectivity index (χ1) is 32.9. The number of imide groups is 2. The molecule has 8 rings (SSSR count). The van der Waals surface area contributed by atoms with Gasteiger partial charge in [-0.15, -0.1) is 0 Å². The van der Waals surface area contributed by atoms with Gasteiger partial charge in [-0.25, -0.2) is 28.7 Å². The Bertz CT molecular complexity index is 2690. The quantitative estimate of drug-likeness (QED) is 0.0787. The van der Waals surface area contributed by atoms with E-state index in [-0.39, 0.29) is 66.1 Å². The summed E-state index contributed by atoms with van der Waals surface area (Å²) >= 11 is 0. The van der Waals surface area contributed by atoms with Crippen LogP contribution in [0.4, 0.5) is 20.5 Å². The number of fused-ring (bicyclic) bond motifs is 2. The van der Waals surface area contributed by atoms with Gasteiger partial charge in [0, 0.05) is 63.6 Å². The largest absolute Gasteiger partial charge is 0.379 e. The molecule has 358 valence electrons. The van der Waals surface area contributed by atoms with E-state index in [9.17, 15) is 24.0 Å². The van der Waals surface area contributed by atoms with Crippen LogP contribution in [0.25, 0.3) is 22.3 Å². The van der Waals surface area contributed by atoms with Gasteiger partial charge in [-0.1, -0.05) is 18.2 Å². The van der Waals surface area contributed by atoms with E-state index in [1.807, 2.05) is 36.3 Å². The van der Waals surface area contributed by atoms with Crippen LogP contribution in [0, 0.1) is 18.6 Å². The number of hydrogen-bond acceptors (Lipinski definition) is 14. The third kappa shape index (κ3) is 10.9. The molecular weight excluding hydrogens is 883 g/mol. The molecule has 2 N–H and O–H groups in total. The van der Waals surface area contributed by atoms with Gasteiger partial charge in [-0.05, 0) is 75.4 Å². The van der Waals surface area contributed by atoms with Crippen LogP contribution in [0.1, 0.15) is 83.2 Å². The molecule has 20 heteroatoms. The second-order valence-electron chi connectivity index (χ2n) is 17.1. The molecule has 5 aromatic rings. The number of nitrogens with zero attached hydrogens (tertiary/aromatic N) is 8. The third-order valence-corrected chi connectivity index (χ3v) is 12.1. The Balaban J connectivity index is 0.677. The van der Waals surface area contributed by atoms with Crippen LogP contribution >= 0.6 is 0 Å². The fraction of sp³-hybridized carbons (Fsp3) is 0.438. The molecule has 2 aromatic carbocycles. The van der Waals surface area contributed by atoms with Gasteiger partial charge < -0.3 is 29.0 Å². The summed E-state index contributed by atoms with van der Waals surface area (Å²) in [6.07, 6.45) is 4.33. The minimum atomic E-state index is -1.01. The number of rotatable bonds is 20. The van der Waals surface area contributed by atoms with Gasteiger partial charge in [0.25, 0.3) is 11.8 Å². The number of amides is 5. The van der Waals surface area contributed by atoms with Crippen molar-refractivity contribution < 1.29 is 47.0 Å².